The molecule has 1 saturated carbocycles. The van der Waals surface area contributed by atoms with Crippen LogP contribution in [0.3, 0.4) is 0 Å². The third-order valence-electron chi connectivity index (χ3n) is 4.72. The van der Waals surface area contributed by atoms with E-state index in [1.54, 1.807) is 0 Å². The van der Waals surface area contributed by atoms with E-state index >= 15 is 0 Å². The van der Waals surface area contributed by atoms with Crippen LogP contribution in [-0.2, 0) is 0 Å². The number of benzene rings is 1. The van der Waals surface area contributed by atoms with Gasteiger partial charge in [0.2, 0.25) is 0 Å². The standard InChI is InChI=1S/C18H29N3/c1-3-21(4-2)18(19)20-14-15-10-12-17(13-11-15)16-8-6-5-7-9-16/h5-9,15,17H,3-4,10-14H2,1-2H3,(H2,19,20). The van der Waals surface area contributed by atoms with Crippen LogP contribution in [0.5, 0.6) is 0 Å². The highest BCUT2D eigenvalue weighted by Crippen LogP contribution is 2.35. The molecular weight excluding hydrogens is 258 g/mol. The number of guanidine groups is 1. The minimum absolute atomic E-state index is 0.707. The van der Waals surface area contributed by atoms with E-state index in [-0.39, 0.29) is 0 Å². The van der Waals surface area contributed by atoms with Crippen LogP contribution in [0.4, 0.5) is 0 Å². The van der Waals surface area contributed by atoms with E-state index in [0.29, 0.717) is 11.9 Å². The first-order valence-corrected chi connectivity index (χ1v) is 8.34. The Balaban J connectivity index is 1.80. The molecule has 2 N–H and O–H groups in total. The average Bonchev–Trinajstić information content (AvgIpc) is 2.55. The summed E-state index contributed by atoms with van der Waals surface area (Å²) in [5.74, 6) is 2.16. The second kappa shape index (κ2) is 8.06. The molecule has 0 atom stereocenters. The van der Waals surface area contributed by atoms with E-state index in [1.165, 1.54) is 31.2 Å². The van der Waals surface area contributed by atoms with Crippen LogP contribution in [0, 0.1) is 5.92 Å². The molecule has 21 heavy (non-hydrogen) atoms. The number of hydrogen-bond donors (Lipinski definition) is 1. The summed E-state index contributed by atoms with van der Waals surface area (Å²) >= 11 is 0. The molecule has 116 valence electrons. The van der Waals surface area contributed by atoms with Crippen molar-refractivity contribution in [2.75, 3.05) is 19.6 Å². The molecule has 0 spiro atoms. The molecule has 0 saturated heterocycles. The first-order chi connectivity index (χ1) is 10.2. The van der Waals surface area contributed by atoms with Gasteiger partial charge in [0.1, 0.15) is 0 Å². The summed E-state index contributed by atoms with van der Waals surface area (Å²) < 4.78 is 0. The van der Waals surface area contributed by atoms with Gasteiger partial charge in [0.25, 0.3) is 0 Å². The van der Waals surface area contributed by atoms with E-state index in [2.05, 4.69) is 54.1 Å². The van der Waals surface area contributed by atoms with Gasteiger partial charge in [-0.2, -0.15) is 0 Å². The fourth-order valence-corrected chi connectivity index (χ4v) is 3.27. The van der Waals surface area contributed by atoms with Crippen molar-refractivity contribution in [3.8, 4) is 0 Å². The number of rotatable bonds is 5. The zero-order valence-corrected chi connectivity index (χ0v) is 13.5. The Kier molecular flexibility index (Phi) is 6.09. The Hall–Kier alpha value is -1.51. The summed E-state index contributed by atoms with van der Waals surface area (Å²) in [5.41, 5.74) is 7.55. The molecule has 0 bridgehead atoms. The summed E-state index contributed by atoms with van der Waals surface area (Å²) in [6, 6.07) is 10.9. The van der Waals surface area contributed by atoms with Crippen LogP contribution in [0.15, 0.2) is 35.3 Å². The predicted molar refractivity (Wildman–Crippen MR) is 90.6 cm³/mol. The third-order valence-corrected chi connectivity index (χ3v) is 4.72. The van der Waals surface area contributed by atoms with Crippen LogP contribution < -0.4 is 5.73 Å². The van der Waals surface area contributed by atoms with Crippen LogP contribution in [0.1, 0.15) is 51.0 Å². The maximum atomic E-state index is 6.05. The molecule has 0 radical (unpaired) electrons. The Labute approximate surface area is 129 Å². The fourth-order valence-electron chi connectivity index (χ4n) is 3.27. The molecule has 1 fully saturated rings. The summed E-state index contributed by atoms with van der Waals surface area (Å²) in [6.45, 7) is 7.01. The maximum Gasteiger partial charge on any atom is 0.191 e. The Morgan fingerprint density at radius 3 is 2.29 bits per heavy atom. The molecule has 0 aliphatic heterocycles. The van der Waals surface area contributed by atoms with Crippen molar-refractivity contribution in [3.05, 3.63) is 35.9 Å². The summed E-state index contributed by atoms with van der Waals surface area (Å²) in [6.07, 6.45) is 5.12. The highest BCUT2D eigenvalue weighted by Gasteiger charge is 2.22. The van der Waals surface area contributed by atoms with Gasteiger partial charge in [0, 0.05) is 19.6 Å². The largest absolute Gasteiger partial charge is 0.370 e. The van der Waals surface area contributed by atoms with Crippen LogP contribution in [0.2, 0.25) is 0 Å². The van der Waals surface area contributed by atoms with E-state index in [4.69, 9.17) is 5.73 Å². The van der Waals surface area contributed by atoms with Crippen molar-refractivity contribution in [1.29, 1.82) is 0 Å². The second-order valence-electron chi connectivity index (χ2n) is 6.00. The summed E-state index contributed by atoms with van der Waals surface area (Å²) in [5, 5.41) is 0. The lowest BCUT2D eigenvalue weighted by Crippen LogP contribution is -2.37. The molecule has 0 heterocycles. The Morgan fingerprint density at radius 2 is 1.71 bits per heavy atom. The summed E-state index contributed by atoms with van der Waals surface area (Å²) in [7, 11) is 0. The van der Waals surface area contributed by atoms with Gasteiger partial charge in [-0.05, 0) is 56.9 Å². The average molecular weight is 287 g/mol. The lowest BCUT2D eigenvalue weighted by atomic mass is 9.79. The normalized spacial score (nSPS) is 23.0. The molecule has 0 amide bonds. The zero-order chi connectivity index (χ0) is 15.1. The first kappa shape index (κ1) is 15.9. The van der Waals surface area contributed by atoms with Gasteiger partial charge in [0.05, 0.1) is 0 Å². The highest BCUT2D eigenvalue weighted by molar-refractivity contribution is 5.77. The van der Waals surface area contributed by atoms with Crippen molar-refractivity contribution in [2.45, 2.75) is 45.4 Å². The smallest absolute Gasteiger partial charge is 0.191 e. The molecule has 1 aliphatic carbocycles. The van der Waals surface area contributed by atoms with Crippen LogP contribution >= 0.6 is 0 Å². The van der Waals surface area contributed by atoms with Crippen molar-refractivity contribution in [3.63, 3.8) is 0 Å². The minimum Gasteiger partial charge on any atom is -0.370 e. The van der Waals surface area contributed by atoms with Crippen molar-refractivity contribution >= 4 is 5.96 Å². The van der Waals surface area contributed by atoms with Crippen LogP contribution in [-0.4, -0.2) is 30.5 Å². The van der Waals surface area contributed by atoms with E-state index < -0.39 is 0 Å². The van der Waals surface area contributed by atoms with E-state index in [0.717, 1.165) is 25.6 Å². The van der Waals surface area contributed by atoms with Gasteiger partial charge in [-0.1, -0.05) is 30.3 Å². The topological polar surface area (TPSA) is 41.6 Å². The molecule has 3 heteroatoms. The van der Waals surface area contributed by atoms with Crippen molar-refractivity contribution in [2.24, 2.45) is 16.6 Å². The number of hydrogen-bond acceptors (Lipinski definition) is 1. The van der Waals surface area contributed by atoms with Gasteiger partial charge in [0.15, 0.2) is 5.96 Å². The molecule has 2 rings (SSSR count). The van der Waals surface area contributed by atoms with E-state index in [9.17, 15) is 0 Å². The molecule has 0 unspecified atom stereocenters. The van der Waals surface area contributed by atoms with Gasteiger partial charge >= 0.3 is 0 Å². The lowest BCUT2D eigenvalue weighted by molar-refractivity contribution is 0.331. The van der Waals surface area contributed by atoms with Gasteiger partial charge in [-0.3, -0.25) is 4.99 Å². The Morgan fingerprint density at radius 1 is 1.10 bits per heavy atom. The molecule has 1 aromatic carbocycles. The summed E-state index contributed by atoms with van der Waals surface area (Å²) in [4.78, 5) is 6.73. The maximum absolute atomic E-state index is 6.05. The lowest BCUT2D eigenvalue weighted by Gasteiger charge is -2.28. The van der Waals surface area contributed by atoms with Gasteiger partial charge in [-0.15, -0.1) is 0 Å². The van der Waals surface area contributed by atoms with Gasteiger partial charge < -0.3 is 10.6 Å². The third kappa shape index (κ3) is 4.48. The first-order valence-electron chi connectivity index (χ1n) is 8.34. The molecule has 0 aromatic heterocycles. The quantitative estimate of drug-likeness (QED) is 0.664. The molecule has 3 nitrogen and oxygen atoms in total. The molecular formula is C18H29N3. The number of nitrogens with two attached hydrogens (primary N) is 1. The van der Waals surface area contributed by atoms with E-state index in [1.807, 2.05) is 0 Å². The SMILES string of the molecule is CCN(CC)C(N)=NCC1CCC(c2ccccc2)CC1. The Bertz CT molecular complexity index is 429. The second-order valence-corrected chi connectivity index (χ2v) is 6.00. The monoisotopic (exact) mass is 287 g/mol. The minimum atomic E-state index is 0.707. The molecule has 1 aliphatic rings. The van der Waals surface area contributed by atoms with Gasteiger partial charge in [-0.25, -0.2) is 0 Å². The highest BCUT2D eigenvalue weighted by atomic mass is 15.2. The zero-order valence-electron chi connectivity index (χ0n) is 13.5. The van der Waals surface area contributed by atoms with Crippen LogP contribution in [0.25, 0.3) is 0 Å². The fraction of sp³-hybridized carbons (Fsp3) is 0.611. The molecule has 1 aromatic rings. The van der Waals surface area contributed by atoms with Crippen molar-refractivity contribution < 1.29 is 0 Å². The predicted octanol–water partition coefficient (Wildman–Crippen LogP) is 3.62. The number of nitrogens with zero attached hydrogens (tertiary/aromatic N) is 2. The number of aliphatic imine (C=N–C) groups is 1. The van der Waals surface area contributed by atoms with Crippen molar-refractivity contribution in [1.82, 2.24) is 4.90 Å².